The first kappa shape index (κ1) is 20.3. The van der Waals surface area contributed by atoms with E-state index in [1.807, 2.05) is 18.7 Å². The van der Waals surface area contributed by atoms with Crippen molar-refractivity contribution in [3.05, 3.63) is 17.0 Å². The average molecular weight is 399 g/mol. The molecule has 2 aliphatic rings. The molecule has 0 saturated carbocycles. The van der Waals surface area contributed by atoms with Crippen molar-refractivity contribution in [1.29, 1.82) is 0 Å². The highest BCUT2D eigenvalue weighted by Gasteiger charge is 2.34. The fourth-order valence-corrected chi connectivity index (χ4v) is 5.92. The van der Waals surface area contributed by atoms with Crippen molar-refractivity contribution in [1.82, 2.24) is 20.3 Å². The Hall–Kier alpha value is -1.45. The fourth-order valence-electron chi connectivity index (χ4n) is 4.16. The maximum atomic E-state index is 12.6. The first-order valence-electron chi connectivity index (χ1n) is 9.69. The summed E-state index contributed by atoms with van der Waals surface area (Å²) in [5, 5.41) is 7.34. The van der Waals surface area contributed by atoms with E-state index in [9.17, 15) is 13.2 Å². The van der Waals surface area contributed by atoms with Crippen molar-refractivity contribution in [2.24, 2.45) is 0 Å². The molecule has 8 nitrogen and oxygen atoms in total. The zero-order valence-corrected chi connectivity index (χ0v) is 17.2. The van der Waals surface area contributed by atoms with Gasteiger partial charge in [-0.1, -0.05) is 12.1 Å². The molecule has 2 atom stereocenters. The SMILES string of the molecule is CCC(NCC(=O)N1CCN(C2CCS(=O)(=O)C2)CC1)c1c(C)noc1C. The third kappa shape index (κ3) is 4.70. The molecule has 0 aliphatic carbocycles. The number of carbonyl (C=O) groups is 1. The van der Waals surface area contributed by atoms with Crippen molar-refractivity contribution >= 4 is 15.7 Å². The Morgan fingerprint density at radius 2 is 2.00 bits per heavy atom. The lowest BCUT2D eigenvalue weighted by Crippen LogP contribution is -2.53. The van der Waals surface area contributed by atoms with E-state index in [-0.39, 0.29) is 30.3 Å². The van der Waals surface area contributed by atoms with E-state index in [2.05, 4.69) is 22.3 Å². The Kier molecular flexibility index (Phi) is 6.22. The van der Waals surface area contributed by atoms with Crippen LogP contribution in [0, 0.1) is 13.8 Å². The maximum Gasteiger partial charge on any atom is 0.236 e. The molecule has 0 radical (unpaired) electrons. The molecular weight excluding hydrogens is 368 g/mol. The summed E-state index contributed by atoms with van der Waals surface area (Å²) in [6.45, 7) is 8.95. The number of amides is 1. The third-order valence-electron chi connectivity index (χ3n) is 5.74. The van der Waals surface area contributed by atoms with Gasteiger partial charge in [-0.3, -0.25) is 9.69 Å². The standard InChI is InChI=1S/C18H30N4O4S/c1-4-16(18-13(2)20-26-14(18)3)19-11-17(23)22-8-6-21(7-9-22)15-5-10-27(24,25)12-15/h15-16,19H,4-12H2,1-3H3. The van der Waals surface area contributed by atoms with Gasteiger partial charge in [0.15, 0.2) is 9.84 Å². The summed E-state index contributed by atoms with van der Waals surface area (Å²) in [4.78, 5) is 16.7. The van der Waals surface area contributed by atoms with E-state index in [1.54, 1.807) is 0 Å². The molecule has 1 N–H and O–H groups in total. The Labute approximate surface area is 161 Å². The molecule has 2 saturated heterocycles. The molecule has 3 rings (SSSR count). The number of rotatable bonds is 6. The van der Waals surface area contributed by atoms with Gasteiger partial charge in [0.25, 0.3) is 0 Å². The van der Waals surface area contributed by atoms with Crippen molar-refractivity contribution in [2.45, 2.75) is 45.7 Å². The summed E-state index contributed by atoms with van der Waals surface area (Å²) in [5.41, 5.74) is 1.90. The quantitative estimate of drug-likeness (QED) is 0.752. The minimum atomic E-state index is -2.87. The van der Waals surface area contributed by atoms with Gasteiger partial charge in [0.05, 0.1) is 23.7 Å². The molecule has 1 amide bonds. The van der Waals surface area contributed by atoms with Gasteiger partial charge < -0.3 is 14.7 Å². The van der Waals surface area contributed by atoms with Crippen LogP contribution in [0.5, 0.6) is 0 Å². The van der Waals surface area contributed by atoms with Crippen LogP contribution in [0.4, 0.5) is 0 Å². The summed E-state index contributed by atoms with van der Waals surface area (Å²) in [5.74, 6) is 1.43. The number of hydrogen-bond acceptors (Lipinski definition) is 7. The van der Waals surface area contributed by atoms with Crippen molar-refractivity contribution in [3.63, 3.8) is 0 Å². The molecule has 0 bridgehead atoms. The molecule has 1 aromatic rings. The van der Waals surface area contributed by atoms with Crippen LogP contribution in [0.1, 0.15) is 42.8 Å². The second-order valence-corrected chi connectivity index (χ2v) is 9.78. The van der Waals surface area contributed by atoms with E-state index >= 15 is 0 Å². The number of aryl methyl sites for hydroxylation is 2. The second kappa shape index (κ2) is 8.28. The largest absolute Gasteiger partial charge is 0.361 e. The zero-order chi connectivity index (χ0) is 19.6. The van der Waals surface area contributed by atoms with Crippen LogP contribution in [0.3, 0.4) is 0 Å². The van der Waals surface area contributed by atoms with Gasteiger partial charge in [-0.25, -0.2) is 8.42 Å². The van der Waals surface area contributed by atoms with Crippen LogP contribution >= 0.6 is 0 Å². The van der Waals surface area contributed by atoms with Gasteiger partial charge in [0.1, 0.15) is 5.76 Å². The van der Waals surface area contributed by atoms with Crippen LogP contribution in [0.15, 0.2) is 4.52 Å². The van der Waals surface area contributed by atoms with Gasteiger partial charge in [-0.2, -0.15) is 0 Å². The minimum Gasteiger partial charge on any atom is -0.361 e. The number of piperazine rings is 1. The zero-order valence-electron chi connectivity index (χ0n) is 16.4. The third-order valence-corrected chi connectivity index (χ3v) is 7.49. The molecule has 152 valence electrons. The Morgan fingerprint density at radius 1 is 1.30 bits per heavy atom. The highest BCUT2D eigenvalue weighted by molar-refractivity contribution is 7.91. The monoisotopic (exact) mass is 398 g/mol. The molecule has 3 heterocycles. The summed E-state index contributed by atoms with van der Waals surface area (Å²) < 4.78 is 28.6. The van der Waals surface area contributed by atoms with E-state index in [4.69, 9.17) is 4.52 Å². The lowest BCUT2D eigenvalue weighted by molar-refractivity contribution is -0.132. The molecule has 2 aliphatic heterocycles. The molecule has 27 heavy (non-hydrogen) atoms. The minimum absolute atomic E-state index is 0.0465. The van der Waals surface area contributed by atoms with Gasteiger partial charge in [0, 0.05) is 43.8 Å². The van der Waals surface area contributed by atoms with Crippen LogP contribution in [-0.4, -0.2) is 79.6 Å². The molecule has 2 fully saturated rings. The number of hydrogen-bond donors (Lipinski definition) is 1. The van der Waals surface area contributed by atoms with Crippen LogP contribution < -0.4 is 5.32 Å². The van der Waals surface area contributed by atoms with Gasteiger partial charge in [-0.05, 0) is 26.7 Å². The van der Waals surface area contributed by atoms with Crippen molar-refractivity contribution < 1.29 is 17.7 Å². The van der Waals surface area contributed by atoms with Crippen molar-refractivity contribution in [2.75, 3.05) is 44.2 Å². The highest BCUT2D eigenvalue weighted by atomic mass is 32.2. The molecular formula is C18H30N4O4S. The molecule has 0 spiro atoms. The summed E-state index contributed by atoms with van der Waals surface area (Å²) in [7, 11) is -2.87. The van der Waals surface area contributed by atoms with Gasteiger partial charge in [0.2, 0.25) is 5.91 Å². The summed E-state index contributed by atoms with van der Waals surface area (Å²) >= 11 is 0. The van der Waals surface area contributed by atoms with E-state index in [0.29, 0.717) is 25.3 Å². The molecule has 9 heteroatoms. The lowest BCUT2D eigenvalue weighted by Gasteiger charge is -2.37. The van der Waals surface area contributed by atoms with Crippen molar-refractivity contribution in [3.8, 4) is 0 Å². The number of carbonyl (C=O) groups excluding carboxylic acids is 1. The molecule has 1 aromatic heterocycles. The van der Waals surface area contributed by atoms with E-state index in [1.165, 1.54) is 0 Å². The Bertz CT molecular complexity index is 749. The van der Waals surface area contributed by atoms with Gasteiger partial charge >= 0.3 is 0 Å². The van der Waals surface area contributed by atoms with Crippen LogP contribution in [-0.2, 0) is 14.6 Å². The normalized spacial score (nSPS) is 24.3. The average Bonchev–Trinajstić information content (AvgIpc) is 3.18. The Balaban J connectivity index is 1.48. The maximum absolute atomic E-state index is 12.6. The lowest BCUT2D eigenvalue weighted by atomic mass is 10.0. The highest BCUT2D eigenvalue weighted by Crippen LogP contribution is 2.24. The first-order valence-corrected chi connectivity index (χ1v) is 11.5. The van der Waals surface area contributed by atoms with Gasteiger partial charge in [-0.15, -0.1) is 0 Å². The molecule has 2 unspecified atom stereocenters. The van der Waals surface area contributed by atoms with E-state index in [0.717, 1.165) is 36.5 Å². The van der Waals surface area contributed by atoms with E-state index < -0.39 is 9.84 Å². The summed E-state index contributed by atoms with van der Waals surface area (Å²) in [6, 6.07) is 0.166. The predicted molar refractivity (Wildman–Crippen MR) is 102 cm³/mol. The number of sulfone groups is 1. The topological polar surface area (TPSA) is 95.8 Å². The fraction of sp³-hybridized carbons (Fsp3) is 0.778. The van der Waals surface area contributed by atoms with Crippen LogP contribution in [0.2, 0.25) is 0 Å². The molecule has 0 aromatic carbocycles. The number of aromatic nitrogens is 1. The smallest absolute Gasteiger partial charge is 0.236 e. The first-order chi connectivity index (χ1) is 12.8. The second-order valence-electron chi connectivity index (χ2n) is 7.55. The van der Waals surface area contributed by atoms with Crippen LogP contribution in [0.25, 0.3) is 0 Å². The number of nitrogens with zero attached hydrogens (tertiary/aromatic N) is 3. The summed E-state index contributed by atoms with van der Waals surface area (Å²) in [6.07, 6.45) is 1.56. The Morgan fingerprint density at radius 3 is 2.52 bits per heavy atom. The number of nitrogens with one attached hydrogen (secondary N) is 1. The predicted octanol–water partition coefficient (Wildman–Crippen LogP) is 0.663.